The van der Waals surface area contributed by atoms with E-state index in [1.807, 2.05) is 0 Å². The summed E-state index contributed by atoms with van der Waals surface area (Å²) in [5.74, 6) is 0.681. The van der Waals surface area contributed by atoms with E-state index in [1.165, 1.54) is 19.1 Å². The number of terminal acetylenes is 1. The number of anilines is 1. The molecule has 0 saturated carbocycles. The molecule has 2 aliphatic rings. The highest BCUT2D eigenvalue weighted by atomic mass is 16.5. The number of hydrogen-bond donors (Lipinski definition) is 1. The standard InChI is InChI=1S/C21H17N3O6/c1-4-9-24-13(10-14(25)28-2)15(18(26)29-3)21(19(24)27)12-8-6-5-7-11(12)16-17(21)23-20(22)30-16/h1,5-8H,9-10H2,2-3H3,(H2,22,23)/t21-/m0/s1. The number of nitrogens with two attached hydrogens (primary N) is 1. The van der Waals surface area contributed by atoms with Crippen molar-refractivity contribution in [1.82, 2.24) is 9.88 Å². The van der Waals surface area contributed by atoms with Gasteiger partial charge in [-0.25, -0.2) is 4.79 Å². The molecule has 1 aromatic heterocycles. The number of amides is 1. The molecule has 0 radical (unpaired) electrons. The number of carbonyl (C=O) groups excluding carboxylic acids is 3. The molecule has 1 atom stereocenters. The Balaban J connectivity index is 2.12. The van der Waals surface area contributed by atoms with E-state index in [4.69, 9.17) is 26.0 Å². The summed E-state index contributed by atoms with van der Waals surface area (Å²) >= 11 is 0. The zero-order valence-corrected chi connectivity index (χ0v) is 16.2. The number of benzene rings is 1. The van der Waals surface area contributed by atoms with Crippen molar-refractivity contribution in [1.29, 1.82) is 0 Å². The summed E-state index contributed by atoms with van der Waals surface area (Å²) in [5, 5.41) is 0. The van der Waals surface area contributed by atoms with Crippen molar-refractivity contribution in [2.45, 2.75) is 11.8 Å². The summed E-state index contributed by atoms with van der Waals surface area (Å²) < 4.78 is 15.3. The van der Waals surface area contributed by atoms with Gasteiger partial charge in [0.15, 0.2) is 11.2 Å². The molecule has 0 saturated heterocycles. The summed E-state index contributed by atoms with van der Waals surface area (Å²) in [7, 11) is 2.39. The minimum Gasteiger partial charge on any atom is -0.469 e. The molecular weight excluding hydrogens is 390 g/mol. The molecule has 0 unspecified atom stereocenters. The van der Waals surface area contributed by atoms with Crippen LogP contribution < -0.4 is 5.73 Å². The van der Waals surface area contributed by atoms with Crippen LogP contribution >= 0.6 is 0 Å². The molecule has 9 heteroatoms. The number of rotatable bonds is 4. The third kappa shape index (κ3) is 2.30. The van der Waals surface area contributed by atoms with Gasteiger partial charge in [-0.3, -0.25) is 9.59 Å². The Morgan fingerprint density at radius 3 is 2.70 bits per heavy atom. The minimum absolute atomic E-state index is 0.0600. The van der Waals surface area contributed by atoms with E-state index in [2.05, 4.69) is 10.9 Å². The predicted octanol–water partition coefficient (Wildman–Crippen LogP) is 0.989. The molecule has 0 fully saturated rings. The van der Waals surface area contributed by atoms with Gasteiger partial charge in [-0.1, -0.05) is 30.2 Å². The fraction of sp³-hybridized carbons (Fsp3) is 0.238. The monoisotopic (exact) mass is 407 g/mol. The number of carbonyl (C=O) groups is 3. The molecule has 4 rings (SSSR count). The van der Waals surface area contributed by atoms with Crippen LogP contribution in [0.25, 0.3) is 11.3 Å². The summed E-state index contributed by atoms with van der Waals surface area (Å²) in [6.45, 7) is -0.168. The second-order valence-electron chi connectivity index (χ2n) is 6.69. The van der Waals surface area contributed by atoms with E-state index in [1.54, 1.807) is 24.3 Å². The van der Waals surface area contributed by atoms with Gasteiger partial charge in [0.05, 0.1) is 32.8 Å². The fourth-order valence-electron chi connectivity index (χ4n) is 4.19. The van der Waals surface area contributed by atoms with Crippen LogP contribution in [0.3, 0.4) is 0 Å². The van der Waals surface area contributed by atoms with Crippen LogP contribution in [0.2, 0.25) is 0 Å². The zero-order chi connectivity index (χ0) is 21.6. The zero-order valence-electron chi connectivity index (χ0n) is 16.2. The SMILES string of the molecule is C#CCN1C(=O)[C@]2(C(C(=O)OC)=C1CC(=O)OC)c1ccccc1-c1oc(N)nc12. The number of methoxy groups -OCH3 is 2. The molecule has 1 spiro atoms. The number of nitrogens with zero attached hydrogens (tertiary/aromatic N) is 2. The molecule has 1 amide bonds. The number of fused-ring (bicyclic) bond motifs is 5. The molecule has 2 aromatic rings. The van der Waals surface area contributed by atoms with Crippen LogP contribution in [-0.4, -0.2) is 48.5 Å². The number of aromatic nitrogens is 1. The van der Waals surface area contributed by atoms with Crippen LogP contribution in [0.15, 0.2) is 40.0 Å². The largest absolute Gasteiger partial charge is 0.469 e. The van der Waals surface area contributed by atoms with Crippen LogP contribution in [0.1, 0.15) is 17.7 Å². The molecule has 152 valence electrons. The lowest BCUT2D eigenvalue weighted by Crippen LogP contribution is -2.42. The Morgan fingerprint density at radius 2 is 2.03 bits per heavy atom. The van der Waals surface area contributed by atoms with Gasteiger partial charge in [0.25, 0.3) is 6.01 Å². The maximum atomic E-state index is 13.9. The van der Waals surface area contributed by atoms with E-state index in [0.29, 0.717) is 11.1 Å². The average Bonchev–Trinajstić information content (AvgIpc) is 3.33. The third-order valence-corrected chi connectivity index (χ3v) is 5.31. The Labute approximate surface area is 171 Å². The third-order valence-electron chi connectivity index (χ3n) is 5.31. The molecule has 2 heterocycles. The van der Waals surface area contributed by atoms with Crippen LogP contribution in [0, 0.1) is 12.3 Å². The molecule has 0 bridgehead atoms. The summed E-state index contributed by atoms with van der Waals surface area (Å²) in [6.07, 6.45) is 5.12. The van der Waals surface area contributed by atoms with Crippen molar-refractivity contribution in [2.75, 3.05) is 26.5 Å². The molecule has 1 aliphatic carbocycles. The molecule has 1 aliphatic heterocycles. The van der Waals surface area contributed by atoms with Crippen molar-refractivity contribution >= 4 is 23.9 Å². The van der Waals surface area contributed by atoms with Crippen molar-refractivity contribution in [3.8, 4) is 23.7 Å². The summed E-state index contributed by atoms with van der Waals surface area (Å²) in [5.41, 5.74) is 5.32. The second kappa shape index (κ2) is 6.77. The van der Waals surface area contributed by atoms with Crippen molar-refractivity contribution in [3.05, 3.63) is 46.8 Å². The molecule has 30 heavy (non-hydrogen) atoms. The number of nitrogen functional groups attached to an aromatic ring is 1. The van der Waals surface area contributed by atoms with E-state index in [0.717, 1.165) is 0 Å². The van der Waals surface area contributed by atoms with Crippen LogP contribution in [-0.2, 0) is 29.3 Å². The van der Waals surface area contributed by atoms with Gasteiger partial charge in [-0.05, 0) is 5.56 Å². The van der Waals surface area contributed by atoms with Gasteiger partial charge in [0.2, 0.25) is 5.91 Å². The minimum atomic E-state index is -1.69. The Bertz CT molecular complexity index is 1170. The number of oxazole rings is 1. The van der Waals surface area contributed by atoms with Crippen LogP contribution in [0.5, 0.6) is 0 Å². The maximum absolute atomic E-state index is 13.9. The van der Waals surface area contributed by atoms with Gasteiger partial charge in [-0.15, -0.1) is 6.42 Å². The Kier molecular flexibility index (Phi) is 4.35. The number of ether oxygens (including phenoxy) is 2. The normalized spacial score (nSPS) is 19.0. The topological polar surface area (TPSA) is 125 Å². The first kappa shape index (κ1) is 19.3. The Hall–Kier alpha value is -4.06. The van der Waals surface area contributed by atoms with Gasteiger partial charge >= 0.3 is 11.9 Å². The second-order valence-corrected chi connectivity index (χ2v) is 6.69. The smallest absolute Gasteiger partial charge is 0.337 e. The average molecular weight is 407 g/mol. The predicted molar refractivity (Wildman–Crippen MR) is 103 cm³/mol. The van der Waals surface area contributed by atoms with E-state index >= 15 is 0 Å². The number of hydrogen-bond acceptors (Lipinski definition) is 8. The van der Waals surface area contributed by atoms with Crippen molar-refractivity contribution in [3.63, 3.8) is 0 Å². The highest BCUT2D eigenvalue weighted by molar-refractivity contribution is 6.14. The van der Waals surface area contributed by atoms with Gasteiger partial charge < -0.3 is 24.5 Å². The highest BCUT2D eigenvalue weighted by Crippen LogP contribution is 2.58. The fourth-order valence-corrected chi connectivity index (χ4v) is 4.19. The van der Waals surface area contributed by atoms with Crippen LogP contribution in [0.4, 0.5) is 6.01 Å². The summed E-state index contributed by atoms with van der Waals surface area (Å²) in [4.78, 5) is 44.5. The lowest BCUT2D eigenvalue weighted by molar-refractivity contribution is -0.140. The first-order valence-electron chi connectivity index (χ1n) is 8.92. The molecule has 2 N–H and O–H groups in total. The molecular formula is C21H17N3O6. The molecule has 9 nitrogen and oxygen atoms in total. The molecule has 1 aromatic carbocycles. The quantitative estimate of drug-likeness (QED) is 0.588. The lowest BCUT2D eigenvalue weighted by Gasteiger charge is -2.25. The van der Waals surface area contributed by atoms with E-state index < -0.39 is 23.3 Å². The van der Waals surface area contributed by atoms with Crippen molar-refractivity contribution in [2.24, 2.45) is 0 Å². The van der Waals surface area contributed by atoms with Crippen molar-refractivity contribution < 1.29 is 28.3 Å². The lowest BCUT2D eigenvalue weighted by atomic mass is 9.74. The highest BCUT2D eigenvalue weighted by Gasteiger charge is 2.64. The van der Waals surface area contributed by atoms with E-state index in [-0.39, 0.29) is 41.7 Å². The Morgan fingerprint density at radius 1 is 1.30 bits per heavy atom. The van der Waals surface area contributed by atoms with E-state index in [9.17, 15) is 14.4 Å². The number of esters is 2. The summed E-state index contributed by atoms with van der Waals surface area (Å²) in [6, 6.07) is 6.76. The van der Waals surface area contributed by atoms with Gasteiger partial charge in [0, 0.05) is 11.3 Å². The first-order chi connectivity index (χ1) is 14.4. The van der Waals surface area contributed by atoms with Gasteiger partial charge in [0.1, 0.15) is 5.69 Å². The first-order valence-corrected chi connectivity index (χ1v) is 8.92. The maximum Gasteiger partial charge on any atom is 0.337 e. The van der Waals surface area contributed by atoms with Gasteiger partial charge in [-0.2, -0.15) is 4.98 Å².